The molecule has 0 fully saturated rings. The van der Waals surface area contributed by atoms with Crippen molar-refractivity contribution >= 4 is 57.9 Å². The molecule has 1 aliphatic rings. The molecule has 5 heteroatoms. The van der Waals surface area contributed by atoms with Crippen molar-refractivity contribution in [2.24, 2.45) is 0 Å². The largest absolute Gasteiger partial charge is 0.497 e. The average Bonchev–Trinajstić information content (AvgIpc) is 3.46. The molecule has 0 saturated heterocycles. The Morgan fingerprint density at radius 2 is 0.907 bits per heavy atom. The molecule has 0 aliphatic carbocycles. The number of rotatable bonds is 11. The molecule has 54 heavy (non-hydrogen) atoms. The zero-order valence-electron chi connectivity index (χ0n) is 31.4. The van der Waals surface area contributed by atoms with Crippen LogP contribution in [-0.4, -0.2) is 18.9 Å². The van der Waals surface area contributed by atoms with Gasteiger partial charge in [0.15, 0.2) is 0 Å². The van der Waals surface area contributed by atoms with Crippen molar-refractivity contribution in [2.75, 3.05) is 16.9 Å². The first-order valence-electron chi connectivity index (χ1n) is 18.4. The van der Waals surface area contributed by atoms with Crippen LogP contribution in [0, 0.1) is 0 Å². The molecule has 0 unspecified atom stereocenters. The molecule has 0 saturated carbocycles. The number of anilines is 4. The van der Waals surface area contributed by atoms with Gasteiger partial charge in [-0.1, -0.05) is 143 Å². The van der Waals surface area contributed by atoms with E-state index in [1.165, 1.54) is 4.90 Å². The molecule has 1 aliphatic heterocycles. The molecular formula is C49H44N2O3. The fourth-order valence-electron chi connectivity index (χ4n) is 7.09. The number of ether oxygens (including phenoxy) is 1. The number of carbonyl (C=O) groups is 2. The number of hydrogen-bond donors (Lipinski definition) is 0. The lowest BCUT2D eigenvalue weighted by molar-refractivity contribution is -0.119. The Labute approximate surface area is 318 Å². The van der Waals surface area contributed by atoms with Crippen LogP contribution in [0.15, 0.2) is 152 Å². The van der Waals surface area contributed by atoms with Gasteiger partial charge in [-0.05, 0) is 93.7 Å². The van der Waals surface area contributed by atoms with Crippen molar-refractivity contribution in [2.45, 2.75) is 39.5 Å². The van der Waals surface area contributed by atoms with Crippen LogP contribution in [0.1, 0.15) is 72.9 Å². The van der Waals surface area contributed by atoms with Gasteiger partial charge in [-0.3, -0.25) is 9.59 Å². The Hall–Kier alpha value is -6.46. The summed E-state index contributed by atoms with van der Waals surface area (Å²) in [5.74, 6) is 0.380. The second-order valence-corrected chi connectivity index (χ2v) is 14.1. The second kappa shape index (κ2) is 15.6. The molecular weight excluding hydrogens is 665 g/mol. The average molecular weight is 709 g/mol. The first-order valence-corrected chi connectivity index (χ1v) is 18.4. The van der Waals surface area contributed by atoms with Gasteiger partial charge in [-0.25, -0.2) is 4.90 Å². The summed E-state index contributed by atoms with van der Waals surface area (Å²) >= 11 is 0. The minimum atomic E-state index is -0.316. The lowest BCUT2D eigenvalue weighted by Crippen LogP contribution is -2.33. The Bertz CT molecular complexity index is 2260. The Morgan fingerprint density at radius 1 is 0.500 bits per heavy atom. The lowest BCUT2D eigenvalue weighted by atomic mass is 9.91. The topological polar surface area (TPSA) is 49.9 Å². The molecule has 0 N–H and O–H groups in total. The number of carbonyl (C=O) groups excluding carboxylic acids is 2. The van der Waals surface area contributed by atoms with E-state index in [1.807, 2.05) is 140 Å². The first kappa shape index (κ1) is 35.9. The molecule has 2 amide bonds. The number of methoxy groups -OCH3 is 1. The minimum Gasteiger partial charge on any atom is -0.497 e. The molecule has 6 aromatic rings. The van der Waals surface area contributed by atoms with Crippen LogP contribution in [0.3, 0.4) is 0 Å². The van der Waals surface area contributed by atoms with E-state index in [1.54, 1.807) is 7.11 Å². The van der Waals surface area contributed by atoms with Crippen molar-refractivity contribution in [3.8, 4) is 5.75 Å². The van der Waals surface area contributed by atoms with E-state index in [2.05, 4.69) is 56.9 Å². The molecule has 0 atom stereocenters. The van der Waals surface area contributed by atoms with E-state index in [0.29, 0.717) is 28.0 Å². The second-order valence-electron chi connectivity index (χ2n) is 14.1. The normalized spacial score (nSPS) is 13.1. The van der Waals surface area contributed by atoms with Gasteiger partial charge in [0.2, 0.25) is 0 Å². The summed E-state index contributed by atoms with van der Waals surface area (Å²) < 4.78 is 5.29. The number of imide groups is 1. The third-order valence-electron chi connectivity index (χ3n) is 9.88. The van der Waals surface area contributed by atoms with Gasteiger partial charge in [0.25, 0.3) is 11.8 Å². The standard InChI is InChI=1S/C49H44N2O3/c1-33(2)43-17-12-18-44(34(3)4)47(43)51-48(52)45(37-25-21-35(22-26-37)19-20-36-23-31-42(54-5)32-24-36)46(49(51)53)38-27-29-41(30-28-38)50(39-13-8-6-9-14-39)40-15-10-7-11-16-40/h6-34H,1-5H3/b20-19+. The number of benzene rings is 6. The van der Waals surface area contributed by atoms with Crippen LogP contribution < -0.4 is 14.5 Å². The Morgan fingerprint density at radius 3 is 1.33 bits per heavy atom. The fourth-order valence-corrected chi connectivity index (χ4v) is 7.09. The van der Waals surface area contributed by atoms with Crippen molar-refractivity contribution in [3.05, 3.63) is 185 Å². The van der Waals surface area contributed by atoms with Gasteiger partial charge in [0.1, 0.15) is 5.75 Å². The number of amides is 2. The van der Waals surface area contributed by atoms with Crippen molar-refractivity contribution in [1.29, 1.82) is 0 Å². The van der Waals surface area contributed by atoms with Gasteiger partial charge >= 0.3 is 0 Å². The molecule has 268 valence electrons. The highest BCUT2D eigenvalue weighted by atomic mass is 16.5. The SMILES string of the molecule is COc1ccc(/C=C/c2ccc(C3=C(c4ccc(N(c5ccccc5)c5ccccc5)cc4)C(=O)N(c4c(C(C)C)cccc4C(C)C)C3=O)cc2)cc1. The molecule has 6 aromatic carbocycles. The molecule has 0 bridgehead atoms. The van der Waals surface area contributed by atoms with Crippen LogP contribution in [0.4, 0.5) is 22.7 Å². The molecule has 1 heterocycles. The third-order valence-corrected chi connectivity index (χ3v) is 9.88. The summed E-state index contributed by atoms with van der Waals surface area (Å²) in [4.78, 5) is 33.4. The predicted octanol–water partition coefficient (Wildman–Crippen LogP) is 12.1. The minimum absolute atomic E-state index is 0.102. The maximum absolute atomic E-state index is 14.9. The summed E-state index contributed by atoms with van der Waals surface area (Å²) in [5.41, 5.74) is 9.80. The summed E-state index contributed by atoms with van der Waals surface area (Å²) in [7, 11) is 1.65. The lowest BCUT2D eigenvalue weighted by Gasteiger charge is -2.26. The van der Waals surface area contributed by atoms with E-state index >= 15 is 0 Å². The molecule has 5 nitrogen and oxygen atoms in total. The number of para-hydroxylation sites is 3. The fraction of sp³-hybridized carbons (Fsp3) is 0.143. The van der Waals surface area contributed by atoms with Crippen LogP contribution in [0.5, 0.6) is 5.75 Å². The van der Waals surface area contributed by atoms with E-state index < -0.39 is 0 Å². The zero-order chi connectivity index (χ0) is 37.8. The van der Waals surface area contributed by atoms with Crippen molar-refractivity contribution in [3.63, 3.8) is 0 Å². The van der Waals surface area contributed by atoms with Crippen LogP contribution in [0.25, 0.3) is 23.3 Å². The first-order chi connectivity index (χ1) is 26.2. The van der Waals surface area contributed by atoms with E-state index in [4.69, 9.17) is 4.74 Å². The van der Waals surface area contributed by atoms with Crippen LogP contribution in [-0.2, 0) is 9.59 Å². The monoisotopic (exact) mass is 708 g/mol. The van der Waals surface area contributed by atoms with Gasteiger partial charge < -0.3 is 9.64 Å². The highest BCUT2D eigenvalue weighted by Gasteiger charge is 2.42. The van der Waals surface area contributed by atoms with E-state index in [-0.39, 0.29) is 23.7 Å². The number of hydrogen-bond acceptors (Lipinski definition) is 4. The van der Waals surface area contributed by atoms with Crippen LogP contribution >= 0.6 is 0 Å². The maximum atomic E-state index is 14.9. The van der Waals surface area contributed by atoms with Gasteiger partial charge in [-0.2, -0.15) is 0 Å². The summed E-state index contributed by atoms with van der Waals surface area (Å²) in [5, 5.41) is 0. The van der Waals surface area contributed by atoms with Crippen molar-refractivity contribution in [1.82, 2.24) is 0 Å². The van der Waals surface area contributed by atoms with Gasteiger partial charge in [0.05, 0.1) is 23.9 Å². The highest BCUT2D eigenvalue weighted by molar-refractivity contribution is 6.57. The quantitative estimate of drug-likeness (QED) is 0.0993. The predicted molar refractivity (Wildman–Crippen MR) is 223 cm³/mol. The highest BCUT2D eigenvalue weighted by Crippen LogP contribution is 2.44. The smallest absolute Gasteiger partial charge is 0.266 e. The molecule has 0 spiro atoms. The number of nitrogens with zero attached hydrogens (tertiary/aromatic N) is 2. The molecule has 0 aromatic heterocycles. The summed E-state index contributed by atoms with van der Waals surface area (Å²) in [6.45, 7) is 8.41. The molecule has 7 rings (SSSR count). The molecule has 0 radical (unpaired) electrons. The van der Waals surface area contributed by atoms with E-state index in [9.17, 15) is 9.59 Å². The van der Waals surface area contributed by atoms with Gasteiger partial charge in [-0.15, -0.1) is 0 Å². The zero-order valence-corrected chi connectivity index (χ0v) is 31.4. The van der Waals surface area contributed by atoms with E-state index in [0.717, 1.165) is 45.1 Å². The van der Waals surface area contributed by atoms with Gasteiger partial charge in [0, 0.05) is 17.1 Å². The van der Waals surface area contributed by atoms with Crippen molar-refractivity contribution < 1.29 is 14.3 Å². The Balaban J connectivity index is 1.33. The Kier molecular flexibility index (Phi) is 10.4. The summed E-state index contributed by atoms with van der Waals surface area (Å²) in [6.07, 6.45) is 4.07. The van der Waals surface area contributed by atoms with Crippen LogP contribution in [0.2, 0.25) is 0 Å². The summed E-state index contributed by atoms with van der Waals surface area (Å²) in [6, 6.07) is 50.2. The third kappa shape index (κ3) is 7.13. The maximum Gasteiger partial charge on any atom is 0.266 e.